The molecule has 0 aliphatic rings. The lowest BCUT2D eigenvalue weighted by atomic mass is 10.0. The van der Waals surface area contributed by atoms with Gasteiger partial charge in [-0.05, 0) is 49.4 Å². The van der Waals surface area contributed by atoms with Crippen molar-refractivity contribution in [3.63, 3.8) is 0 Å². The summed E-state index contributed by atoms with van der Waals surface area (Å²) in [5, 5.41) is 21.9. The summed E-state index contributed by atoms with van der Waals surface area (Å²) in [6.45, 7) is 1.67. The van der Waals surface area contributed by atoms with Crippen LogP contribution < -0.4 is 4.74 Å². The number of ether oxygens (including phenoxy) is 1. The van der Waals surface area contributed by atoms with E-state index >= 15 is 0 Å². The van der Waals surface area contributed by atoms with Crippen LogP contribution in [0.3, 0.4) is 0 Å². The second-order valence-corrected chi connectivity index (χ2v) is 8.29. The Morgan fingerprint density at radius 2 is 1.94 bits per heavy atom. The number of aromatic hydroxyl groups is 2. The van der Waals surface area contributed by atoms with E-state index in [0.717, 1.165) is 4.70 Å². The molecule has 166 valence electrons. The van der Waals surface area contributed by atoms with E-state index in [0.29, 0.717) is 17.0 Å². The van der Waals surface area contributed by atoms with Crippen molar-refractivity contribution in [1.82, 2.24) is 9.55 Å². The predicted molar refractivity (Wildman–Crippen MR) is 121 cm³/mol. The predicted octanol–water partition coefficient (Wildman–Crippen LogP) is 5.45. The van der Waals surface area contributed by atoms with E-state index in [-0.39, 0.29) is 27.7 Å². The van der Waals surface area contributed by atoms with Crippen LogP contribution in [0.4, 0.5) is 4.39 Å². The molecule has 0 amide bonds. The first-order valence-corrected chi connectivity index (χ1v) is 10.7. The molecule has 0 unspecified atom stereocenters. The third-order valence-electron chi connectivity index (χ3n) is 5.22. The number of carbonyl (C=O) groups excluding carboxylic acids is 1. The van der Waals surface area contributed by atoms with Gasteiger partial charge in [0.2, 0.25) is 11.7 Å². The number of nitrogens with zero attached hydrogens (tertiary/aromatic N) is 2. The molecule has 2 aromatic carbocycles. The quantitative estimate of drug-likeness (QED) is 0.336. The fraction of sp³-hybridized carbons (Fsp3) is 0.0833. The smallest absolute Gasteiger partial charge is 0.242 e. The molecular formula is C24H17FN2O5S. The average Bonchev–Trinajstić information content (AvgIpc) is 3.49. The second kappa shape index (κ2) is 7.79. The summed E-state index contributed by atoms with van der Waals surface area (Å²) >= 11 is 1.19. The summed E-state index contributed by atoms with van der Waals surface area (Å²) < 4.78 is 27.5. The summed E-state index contributed by atoms with van der Waals surface area (Å²) in [7, 11) is 1.55. The molecule has 3 aromatic heterocycles. The number of hydrogen-bond acceptors (Lipinski definition) is 7. The van der Waals surface area contributed by atoms with Crippen LogP contribution in [0.1, 0.15) is 21.9 Å². The summed E-state index contributed by atoms with van der Waals surface area (Å²) in [5.41, 5.74) is 0.297. The Morgan fingerprint density at radius 1 is 1.15 bits per heavy atom. The lowest BCUT2D eigenvalue weighted by Gasteiger charge is -2.09. The highest BCUT2D eigenvalue weighted by Gasteiger charge is 2.33. The van der Waals surface area contributed by atoms with Crippen molar-refractivity contribution in [2.45, 2.75) is 6.92 Å². The van der Waals surface area contributed by atoms with Gasteiger partial charge >= 0.3 is 0 Å². The molecule has 9 heteroatoms. The summed E-state index contributed by atoms with van der Waals surface area (Å²) in [6, 6.07) is 14.1. The van der Waals surface area contributed by atoms with Gasteiger partial charge in [0.1, 0.15) is 17.3 Å². The molecule has 0 aliphatic heterocycles. The van der Waals surface area contributed by atoms with Crippen molar-refractivity contribution in [3.8, 4) is 33.8 Å². The summed E-state index contributed by atoms with van der Waals surface area (Å²) in [5.74, 6) is -1.59. The highest BCUT2D eigenvalue weighted by atomic mass is 32.1. The number of fused-ring (bicyclic) bond motifs is 1. The summed E-state index contributed by atoms with van der Waals surface area (Å²) in [4.78, 5) is 17.8. The Hall–Kier alpha value is -4.11. The van der Waals surface area contributed by atoms with Crippen LogP contribution in [0, 0.1) is 12.7 Å². The van der Waals surface area contributed by atoms with Crippen LogP contribution >= 0.6 is 11.3 Å². The van der Waals surface area contributed by atoms with E-state index in [1.807, 2.05) is 0 Å². The molecule has 0 saturated carbocycles. The van der Waals surface area contributed by atoms with Gasteiger partial charge in [-0.15, -0.1) is 0 Å². The Labute approximate surface area is 190 Å². The van der Waals surface area contributed by atoms with Gasteiger partial charge in [0.05, 0.1) is 28.6 Å². The molecule has 0 fully saturated rings. The molecule has 2 N–H and O–H groups in total. The van der Waals surface area contributed by atoms with E-state index in [1.54, 1.807) is 44.4 Å². The third kappa shape index (κ3) is 3.33. The van der Waals surface area contributed by atoms with Crippen LogP contribution in [0.5, 0.6) is 17.4 Å². The SMILES string of the molecule is COc1ccc2nc(-n3c(O)c(O)c(C(=O)c4ccc(C)o4)c3-c3ccccc3F)sc2c1. The molecule has 5 rings (SSSR count). The van der Waals surface area contributed by atoms with Crippen molar-refractivity contribution in [3.05, 3.63) is 77.5 Å². The number of methoxy groups -OCH3 is 1. The van der Waals surface area contributed by atoms with Crippen molar-refractivity contribution >= 4 is 27.3 Å². The maximum atomic E-state index is 14.9. The molecule has 0 radical (unpaired) electrons. The van der Waals surface area contributed by atoms with Crippen LogP contribution in [0.25, 0.3) is 26.6 Å². The van der Waals surface area contributed by atoms with Gasteiger partial charge < -0.3 is 19.4 Å². The molecule has 0 spiro atoms. The number of benzene rings is 2. The van der Waals surface area contributed by atoms with Crippen LogP contribution in [-0.2, 0) is 0 Å². The molecule has 0 atom stereocenters. The number of thiazole rings is 1. The average molecular weight is 464 g/mol. The first kappa shape index (κ1) is 20.8. The first-order chi connectivity index (χ1) is 15.9. The number of aromatic nitrogens is 2. The zero-order chi connectivity index (χ0) is 23.3. The maximum absolute atomic E-state index is 14.9. The van der Waals surface area contributed by atoms with Gasteiger partial charge in [0.25, 0.3) is 0 Å². The number of hydrogen-bond donors (Lipinski definition) is 2. The van der Waals surface area contributed by atoms with Crippen LogP contribution in [0.15, 0.2) is 59.0 Å². The first-order valence-electron chi connectivity index (χ1n) is 9.86. The van der Waals surface area contributed by atoms with Gasteiger partial charge in [-0.25, -0.2) is 9.37 Å². The Bertz CT molecular complexity index is 1530. The van der Waals surface area contributed by atoms with E-state index in [9.17, 15) is 19.4 Å². The highest BCUT2D eigenvalue weighted by Crippen LogP contribution is 2.46. The number of rotatable bonds is 5. The molecule has 0 bridgehead atoms. The number of ketones is 1. The lowest BCUT2D eigenvalue weighted by Crippen LogP contribution is -2.05. The Kier molecular flexibility index (Phi) is 4.90. The zero-order valence-electron chi connectivity index (χ0n) is 17.5. The minimum absolute atomic E-state index is 0.0107. The van der Waals surface area contributed by atoms with E-state index < -0.39 is 23.2 Å². The van der Waals surface area contributed by atoms with Gasteiger partial charge in [0.15, 0.2) is 16.6 Å². The molecule has 5 aromatic rings. The van der Waals surface area contributed by atoms with Gasteiger partial charge in [0, 0.05) is 5.56 Å². The molecule has 33 heavy (non-hydrogen) atoms. The number of furan rings is 1. The fourth-order valence-corrected chi connectivity index (χ4v) is 4.66. The number of carbonyl (C=O) groups is 1. The third-order valence-corrected chi connectivity index (χ3v) is 6.22. The molecule has 7 nitrogen and oxygen atoms in total. The fourth-order valence-electron chi connectivity index (χ4n) is 3.65. The van der Waals surface area contributed by atoms with E-state index in [4.69, 9.17) is 9.15 Å². The number of aryl methyl sites for hydroxylation is 1. The van der Waals surface area contributed by atoms with E-state index in [2.05, 4.69) is 4.98 Å². The largest absolute Gasteiger partial charge is 0.503 e. The molecule has 0 saturated heterocycles. The van der Waals surface area contributed by atoms with Crippen LogP contribution in [0.2, 0.25) is 0 Å². The van der Waals surface area contributed by atoms with Crippen LogP contribution in [-0.4, -0.2) is 32.7 Å². The molecular weight excluding hydrogens is 447 g/mol. The van der Waals surface area contributed by atoms with Gasteiger partial charge in [-0.3, -0.25) is 9.36 Å². The second-order valence-electron chi connectivity index (χ2n) is 7.28. The number of halogens is 1. The van der Waals surface area contributed by atoms with Crippen molar-refractivity contribution in [1.29, 1.82) is 0 Å². The minimum atomic E-state index is -0.698. The summed E-state index contributed by atoms with van der Waals surface area (Å²) in [6.07, 6.45) is 0. The van der Waals surface area contributed by atoms with Crippen molar-refractivity contribution in [2.75, 3.05) is 7.11 Å². The van der Waals surface area contributed by atoms with Crippen molar-refractivity contribution in [2.24, 2.45) is 0 Å². The van der Waals surface area contributed by atoms with E-state index in [1.165, 1.54) is 40.2 Å². The van der Waals surface area contributed by atoms with Gasteiger partial charge in [-0.2, -0.15) is 0 Å². The minimum Gasteiger partial charge on any atom is -0.503 e. The monoisotopic (exact) mass is 464 g/mol. The Morgan fingerprint density at radius 3 is 2.64 bits per heavy atom. The normalized spacial score (nSPS) is 11.2. The maximum Gasteiger partial charge on any atom is 0.242 e. The standard InChI is InChI=1S/C24H17FN2O5S/c1-12-7-10-17(32-12)21(28)19-20(14-5-3-4-6-15(14)25)27(23(30)22(19)29)24-26-16-9-8-13(31-2)11-18(16)33-24/h3-11,29-30H,1-2H3. The van der Waals surface area contributed by atoms with Crippen molar-refractivity contribution < 1.29 is 28.6 Å². The lowest BCUT2D eigenvalue weighted by molar-refractivity contribution is 0.101. The topological polar surface area (TPSA) is 97.7 Å². The van der Waals surface area contributed by atoms with Gasteiger partial charge in [-0.1, -0.05) is 23.5 Å². The zero-order valence-corrected chi connectivity index (χ0v) is 18.3. The highest BCUT2D eigenvalue weighted by molar-refractivity contribution is 7.20. The molecule has 0 aliphatic carbocycles. The molecule has 3 heterocycles. The Balaban J connectivity index is 1.82.